The zero-order valence-corrected chi connectivity index (χ0v) is 8.99. The molecule has 0 bridgehead atoms. The number of aromatic nitrogens is 1. The van der Waals surface area contributed by atoms with Crippen LogP contribution in [0.25, 0.3) is 0 Å². The number of halogens is 1. The molecular formula is C8H10BrNOS. The molecule has 1 fully saturated rings. The van der Waals surface area contributed by atoms with Crippen LogP contribution >= 0.6 is 27.3 Å². The van der Waals surface area contributed by atoms with Gasteiger partial charge < -0.3 is 5.11 Å². The van der Waals surface area contributed by atoms with E-state index in [1.165, 1.54) is 0 Å². The van der Waals surface area contributed by atoms with Crippen molar-refractivity contribution < 1.29 is 5.11 Å². The molecule has 1 N–H and O–H groups in total. The van der Waals surface area contributed by atoms with Gasteiger partial charge in [-0.05, 0) is 34.2 Å². The van der Waals surface area contributed by atoms with Crippen molar-refractivity contribution in [1.82, 2.24) is 4.98 Å². The smallest absolute Gasteiger partial charge is 0.0943 e. The molecule has 1 aromatic rings. The fourth-order valence-corrected chi connectivity index (χ4v) is 2.74. The first-order valence-electron chi connectivity index (χ1n) is 3.95. The third kappa shape index (κ3) is 1.70. The van der Waals surface area contributed by atoms with Gasteiger partial charge in [-0.15, -0.1) is 11.3 Å². The molecule has 0 unspecified atom stereocenters. The lowest BCUT2D eigenvalue weighted by atomic mass is 10.1. The number of hydrogen-bond acceptors (Lipinski definition) is 3. The molecule has 4 heteroatoms. The summed E-state index contributed by atoms with van der Waals surface area (Å²) in [4.78, 5) is 4.25. The average molecular weight is 248 g/mol. The summed E-state index contributed by atoms with van der Waals surface area (Å²) in [6.07, 6.45) is 5.08. The van der Waals surface area contributed by atoms with E-state index in [0.29, 0.717) is 6.61 Å². The predicted octanol–water partition coefficient (Wildman–Crippen LogP) is 2.22. The molecule has 0 amide bonds. The highest BCUT2D eigenvalue weighted by Gasteiger charge is 2.42. The first-order chi connectivity index (χ1) is 5.74. The summed E-state index contributed by atoms with van der Waals surface area (Å²) in [5.41, 5.74) is 0.192. The lowest BCUT2D eigenvalue weighted by Crippen LogP contribution is -2.09. The minimum Gasteiger partial charge on any atom is -0.396 e. The largest absolute Gasteiger partial charge is 0.396 e. The van der Waals surface area contributed by atoms with Gasteiger partial charge in [-0.3, -0.25) is 0 Å². The number of aliphatic hydroxyl groups excluding tert-OH is 1. The van der Waals surface area contributed by atoms with Gasteiger partial charge in [0, 0.05) is 13.0 Å². The van der Waals surface area contributed by atoms with Gasteiger partial charge in [0.25, 0.3) is 0 Å². The zero-order valence-electron chi connectivity index (χ0n) is 6.59. The van der Waals surface area contributed by atoms with E-state index in [4.69, 9.17) is 5.11 Å². The lowest BCUT2D eigenvalue weighted by Gasteiger charge is -2.07. The van der Waals surface area contributed by atoms with E-state index >= 15 is 0 Å². The second-order valence-corrected chi connectivity index (χ2v) is 5.89. The lowest BCUT2D eigenvalue weighted by molar-refractivity contribution is 0.211. The van der Waals surface area contributed by atoms with Gasteiger partial charge in [-0.1, -0.05) is 0 Å². The van der Waals surface area contributed by atoms with E-state index in [1.54, 1.807) is 11.3 Å². The maximum absolute atomic E-state index is 9.09. The average Bonchev–Trinajstić information content (AvgIpc) is 2.71. The van der Waals surface area contributed by atoms with Gasteiger partial charge in [0.05, 0.1) is 15.0 Å². The Balaban J connectivity index is 2.04. The van der Waals surface area contributed by atoms with Gasteiger partial charge in [0.15, 0.2) is 0 Å². The molecule has 1 heterocycles. The van der Waals surface area contributed by atoms with E-state index in [9.17, 15) is 0 Å². The molecule has 0 radical (unpaired) electrons. The van der Waals surface area contributed by atoms with Crippen molar-refractivity contribution in [1.29, 1.82) is 0 Å². The van der Waals surface area contributed by atoms with Crippen LogP contribution in [0.1, 0.15) is 17.8 Å². The molecule has 0 aromatic carbocycles. The van der Waals surface area contributed by atoms with Crippen LogP contribution in [0, 0.1) is 5.41 Å². The number of thiazole rings is 1. The minimum atomic E-state index is 0.192. The summed E-state index contributed by atoms with van der Waals surface area (Å²) in [6.45, 7) is 0.310. The van der Waals surface area contributed by atoms with Crippen LogP contribution in [0.3, 0.4) is 0 Å². The molecule has 1 aromatic heterocycles. The second kappa shape index (κ2) is 3.09. The molecule has 12 heavy (non-hydrogen) atoms. The van der Waals surface area contributed by atoms with E-state index in [2.05, 4.69) is 20.9 Å². The van der Waals surface area contributed by atoms with Crippen molar-refractivity contribution in [3.63, 3.8) is 0 Å². The van der Waals surface area contributed by atoms with Crippen LogP contribution in [0.4, 0.5) is 0 Å². The van der Waals surface area contributed by atoms with Crippen molar-refractivity contribution in [3.05, 3.63) is 15.0 Å². The Morgan fingerprint density at radius 1 is 1.67 bits per heavy atom. The Morgan fingerprint density at radius 3 is 2.83 bits per heavy atom. The van der Waals surface area contributed by atoms with Gasteiger partial charge in [0.1, 0.15) is 0 Å². The Labute approximate surface area is 83.8 Å². The number of rotatable bonds is 3. The normalized spacial score (nSPS) is 19.5. The van der Waals surface area contributed by atoms with Gasteiger partial charge in [-0.2, -0.15) is 0 Å². The van der Waals surface area contributed by atoms with Crippen molar-refractivity contribution in [3.8, 4) is 0 Å². The molecule has 2 rings (SSSR count). The molecule has 0 saturated heterocycles. The monoisotopic (exact) mass is 247 g/mol. The first kappa shape index (κ1) is 8.66. The fourth-order valence-electron chi connectivity index (χ4n) is 1.26. The van der Waals surface area contributed by atoms with Gasteiger partial charge in [-0.25, -0.2) is 4.98 Å². The predicted molar refractivity (Wildman–Crippen MR) is 52.3 cm³/mol. The highest BCUT2D eigenvalue weighted by molar-refractivity contribution is 9.11. The summed E-state index contributed by atoms with van der Waals surface area (Å²) in [7, 11) is 0. The maximum atomic E-state index is 9.09. The van der Waals surface area contributed by atoms with E-state index in [0.717, 1.165) is 28.1 Å². The summed E-state index contributed by atoms with van der Waals surface area (Å²) < 4.78 is 1.08. The molecule has 0 atom stereocenters. The topological polar surface area (TPSA) is 33.1 Å². The minimum absolute atomic E-state index is 0.192. The molecule has 2 nitrogen and oxygen atoms in total. The summed E-state index contributed by atoms with van der Waals surface area (Å²) >= 11 is 5.04. The standard InChI is InChI=1S/C8H10BrNOS/c9-6-4-10-7(12-6)3-8(5-11)1-2-8/h4,11H,1-3,5H2. The Morgan fingerprint density at radius 2 is 2.42 bits per heavy atom. The summed E-state index contributed by atoms with van der Waals surface area (Å²) in [6, 6.07) is 0. The van der Waals surface area contributed by atoms with Crippen LogP contribution < -0.4 is 0 Å². The van der Waals surface area contributed by atoms with Crippen molar-refractivity contribution in [2.75, 3.05) is 6.61 Å². The van der Waals surface area contributed by atoms with Gasteiger partial charge >= 0.3 is 0 Å². The number of hydrogen-bond donors (Lipinski definition) is 1. The maximum Gasteiger partial charge on any atom is 0.0943 e. The van der Waals surface area contributed by atoms with Crippen molar-refractivity contribution in [2.45, 2.75) is 19.3 Å². The fraction of sp³-hybridized carbons (Fsp3) is 0.625. The molecule has 1 aliphatic carbocycles. The highest BCUT2D eigenvalue weighted by Crippen LogP contribution is 2.48. The third-order valence-corrected chi connectivity index (χ3v) is 3.82. The quantitative estimate of drug-likeness (QED) is 0.889. The van der Waals surface area contributed by atoms with Crippen LogP contribution in [0.15, 0.2) is 9.98 Å². The summed E-state index contributed by atoms with van der Waals surface area (Å²) in [5, 5.41) is 10.2. The first-order valence-corrected chi connectivity index (χ1v) is 5.56. The van der Waals surface area contributed by atoms with E-state index in [1.807, 2.05) is 6.20 Å². The SMILES string of the molecule is OCC1(Cc2ncc(Br)s2)CC1. The second-order valence-electron chi connectivity index (χ2n) is 3.39. The number of nitrogens with zero attached hydrogens (tertiary/aromatic N) is 1. The van der Waals surface area contributed by atoms with E-state index < -0.39 is 0 Å². The Hall–Kier alpha value is 0.0700. The van der Waals surface area contributed by atoms with Crippen molar-refractivity contribution >= 4 is 27.3 Å². The third-order valence-electron chi connectivity index (χ3n) is 2.34. The zero-order chi connectivity index (χ0) is 8.60. The molecule has 1 aliphatic rings. The van der Waals surface area contributed by atoms with Crippen LogP contribution in [0.2, 0.25) is 0 Å². The van der Waals surface area contributed by atoms with Crippen LogP contribution in [0.5, 0.6) is 0 Å². The molecular weight excluding hydrogens is 238 g/mol. The molecule has 0 spiro atoms. The van der Waals surface area contributed by atoms with Crippen LogP contribution in [-0.2, 0) is 6.42 Å². The molecule has 66 valence electrons. The van der Waals surface area contributed by atoms with Crippen LogP contribution in [-0.4, -0.2) is 16.7 Å². The van der Waals surface area contributed by atoms with Gasteiger partial charge in [0.2, 0.25) is 0 Å². The Bertz CT molecular complexity index is 282. The summed E-state index contributed by atoms with van der Waals surface area (Å²) in [5.74, 6) is 0. The highest BCUT2D eigenvalue weighted by atomic mass is 79.9. The molecule has 0 aliphatic heterocycles. The van der Waals surface area contributed by atoms with E-state index in [-0.39, 0.29) is 5.41 Å². The van der Waals surface area contributed by atoms with Crippen molar-refractivity contribution in [2.24, 2.45) is 5.41 Å². The Kier molecular flexibility index (Phi) is 2.23. The number of aliphatic hydroxyl groups is 1. The molecule has 1 saturated carbocycles.